The molecular weight excluding hydrogens is 244 g/mol. The third-order valence-electron chi connectivity index (χ3n) is 2.78. The molecule has 0 bridgehead atoms. The van der Waals surface area contributed by atoms with Gasteiger partial charge < -0.3 is 9.67 Å². The Morgan fingerprint density at radius 2 is 2.31 bits per heavy atom. The zero-order valence-corrected chi connectivity index (χ0v) is 10.1. The molecule has 84 valence electrons. The largest absolute Gasteiger partial charge is 0.381 e. The van der Waals surface area contributed by atoms with Crippen molar-refractivity contribution in [3.63, 3.8) is 0 Å². The van der Waals surface area contributed by atoms with Gasteiger partial charge in [0.1, 0.15) is 6.10 Å². The van der Waals surface area contributed by atoms with Crippen LogP contribution < -0.4 is 0 Å². The molecule has 5 heteroatoms. The van der Waals surface area contributed by atoms with Crippen LogP contribution in [-0.4, -0.2) is 14.7 Å². The molecule has 2 aromatic heterocycles. The number of rotatable bonds is 3. The normalized spacial score (nSPS) is 17.6. The molecule has 0 radical (unpaired) electrons. The third-order valence-corrected chi connectivity index (χ3v) is 4.06. The van der Waals surface area contributed by atoms with Gasteiger partial charge in [-0.2, -0.15) is 0 Å². The van der Waals surface area contributed by atoms with E-state index >= 15 is 0 Å². The van der Waals surface area contributed by atoms with Gasteiger partial charge in [-0.1, -0.05) is 11.6 Å². The van der Waals surface area contributed by atoms with E-state index in [1.54, 1.807) is 12.5 Å². The second-order valence-electron chi connectivity index (χ2n) is 4.00. The van der Waals surface area contributed by atoms with Gasteiger partial charge >= 0.3 is 0 Å². The lowest BCUT2D eigenvalue weighted by molar-refractivity contribution is 0.213. The molecule has 16 heavy (non-hydrogen) atoms. The fourth-order valence-corrected chi connectivity index (χ4v) is 2.87. The molecule has 1 N–H and O–H groups in total. The molecule has 2 aromatic rings. The van der Waals surface area contributed by atoms with Crippen molar-refractivity contribution in [2.45, 2.75) is 25.0 Å². The van der Waals surface area contributed by atoms with Crippen LogP contribution in [-0.2, 0) is 0 Å². The van der Waals surface area contributed by atoms with Crippen molar-refractivity contribution in [3.05, 3.63) is 39.6 Å². The Hall–Kier alpha value is -0.840. The van der Waals surface area contributed by atoms with Crippen LogP contribution in [0.4, 0.5) is 0 Å². The molecule has 2 heterocycles. The van der Waals surface area contributed by atoms with Crippen LogP contribution in [0, 0.1) is 0 Å². The Labute approximate surface area is 102 Å². The molecule has 0 aromatic carbocycles. The minimum absolute atomic E-state index is 0.530. The van der Waals surface area contributed by atoms with Gasteiger partial charge in [-0.3, -0.25) is 0 Å². The number of nitrogens with zero attached hydrogens (tertiary/aromatic N) is 2. The van der Waals surface area contributed by atoms with Gasteiger partial charge in [-0.25, -0.2) is 4.98 Å². The van der Waals surface area contributed by atoms with E-state index in [0.29, 0.717) is 10.4 Å². The summed E-state index contributed by atoms with van der Waals surface area (Å²) in [6, 6.07) is 4.20. The van der Waals surface area contributed by atoms with Crippen molar-refractivity contribution in [2.24, 2.45) is 0 Å². The summed E-state index contributed by atoms with van der Waals surface area (Å²) >= 11 is 7.27. The minimum atomic E-state index is -0.611. The second-order valence-corrected chi connectivity index (χ2v) is 5.75. The molecule has 3 rings (SSSR count). The molecule has 1 unspecified atom stereocenters. The first-order chi connectivity index (χ1) is 7.75. The van der Waals surface area contributed by atoms with Crippen molar-refractivity contribution < 1.29 is 5.11 Å². The topological polar surface area (TPSA) is 38.1 Å². The van der Waals surface area contributed by atoms with E-state index in [4.69, 9.17) is 11.6 Å². The number of thiophene rings is 1. The summed E-state index contributed by atoms with van der Waals surface area (Å²) in [6.45, 7) is 0. The lowest BCUT2D eigenvalue weighted by atomic mass is 10.2. The van der Waals surface area contributed by atoms with Crippen molar-refractivity contribution in [3.8, 4) is 0 Å². The van der Waals surface area contributed by atoms with Gasteiger partial charge in [-0.15, -0.1) is 11.3 Å². The number of aliphatic hydroxyl groups excluding tert-OH is 1. The van der Waals surface area contributed by atoms with E-state index in [0.717, 1.165) is 10.6 Å². The van der Waals surface area contributed by atoms with E-state index in [2.05, 4.69) is 9.55 Å². The maximum atomic E-state index is 10.2. The van der Waals surface area contributed by atoms with E-state index in [1.165, 1.54) is 24.2 Å². The average Bonchev–Trinajstić information content (AvgIpc) is 2.85. The van der Waals surface area contributed by atoms with E-state index in [9.17, 15) is 5.11 Å². The summed E-state index contributed by atoms with van der Waals surface area (Å²) in [5.74, 6) is 0. The standard InChI is InChI=1S/C11H11ClN2OS/c12-10-4-3-9(16-10)11(15)8-5-13-6-14(8)7-1-2-7/h3-7,11,15H,1-2H2. The van der Waals surface area contributed by atoms with Crippen LogP contribution in [0.5, 0.6) is 0 Å². The van der Waals surface area contributed by atoms with Gasteiger partial charge in [0, 0.05) is 10.9 Å². The first-order valence-corrected chi connectivity index (χ1v) is 6.40. The Morgan fingerprint density at radius 1 is 1.50 bits per heavy atom. The Kier molecular flexibility index (Phi) is 2.50. The fourth-order valence-electron chi connectivity index (χ4n) is 1.81. The number of hydrogen-bond donors (Lipinski definition) is 1. The molecule has 0 aliphatic heterocycles. The van der Waals surface area contributed by atoms with Gasteiger partial charge in [-0.05, 0) is 25.0 Å². The van der Waals surface area contributed by atoms with E-state index < -0.39 is 6.10 Å². The Morgan fingerprint density at radius 3 is 2.94 bits per heavy atom. The van der Waals surface area contributed by atoms with E-state index in [-0.39, 0.29) is 0 Å². The second kappa shape index (κ2) is 3.87. The van der Waals surface area contributed by atoms with Crippen LogP contribution in [0.3, 0.4) is 0 Å². The highest BCUT2D eigenvalue weighted by Crippen LogP contribution is 2.39. The zero-order chi connectivity index (χ0) is 11.1. The van der Waals surface area contributed by atoms with Crippen molar-refractivity contribution in [1.29, 1.82) is 0 Å². The van der Waals surface area contributed by atoms with E-state index in [1.807, 2.05) is 12.1 Å². The number of hydrogen-bond acceptors (Lipinski definition) is 3. The molecule has 1 saturated carbocycles. The highest BCUT2D eigenvalue weighted by Gasteiger charge is 2.28. The van der Waals surface area contributed by atoms with Crippen molar-refractivity contribution in [1.82, 2.24) is 9.55 Å². The zero-order valence-electron chi connectivity index (χ0n) is 8.51. The summed E-state index contributed by atoms with van der Waals surface area (Å²) in [4.78, 5) is 4.98. The number of aromatic nitrogens is 2. The highest BCUT2D eigenvalue weighted by atomic mass is 35.5. The van der Waals surface area contributed by atoms with Crippen LogP contribution in [0.15, 0.2) is 24.7 Å². The van der Waals surface area contributed by atoms with Crippen LogP contribution in [0.1, 0.15) is 35.6 Å². The molecule has 0 amide bonds. The maximum absolute atomic E-state index is 10.2. The lowest BCUT2D eigenvalue weighted by Gasteiger charge is -2.11. The van der Waals surface area contributed by atoms with Crippen LogP contribution in [0.2, 0.25) is 4.34 Å². The van der Waals surface area contributed by atoms with Gasteiger partial charge in [0.05, 0.1) is 22.6 Å². The van der Waals surface area contributed by atoms with Gasteiger partial charge in [0.25, 0.3) is 0 Å². The molecule has 3 nitrogen and oxygen atoms in total. The van der Waals surface area contributed by atoms with Crippen molar-refractivity contribution in [2.75, 3.05) is 0 Å². The summed E-state index contributed by atoms with van der Waals surface area (Å²) in [7, 11) is 0. The first-order valence-electron chi connectivity index (χ1n) is 5.21. The SMILES string of the molecule is OC(c1ccc(Cl)s1)c1cncn1C1CC1. The fraction of sp³-hybridized carbons (Fsp3) is 0.364. The van der Waals surface area contributed by atoms with Crippen LogP contribution >= 0.6 is 22.9 Å². The molecule has 1 fully saturated rings. The molecule has 1 aliphatic rings. The smallest absolute Gasteiger partial charge is 0.130 e. The number of imidazole rings is 1. The monoisotopic (exact) mass is 254 g/mol. The number of halogens is 1. The molecule has 0 saturated heterocycles. The highest BCUT2D eigenvalue weighted by molar-refractivity contribution is 7.16. The molecule has 0 spiro atoms. The predicted molar refractivity (Wildman–Crippen MR) is 63.9 cm³/mol. The molecular formula is C11H11ClN2OS. The van der Waals surface area contributed by atoms with Crippen LogP contribution in [0.25, 0.3) is 0 Å². The summed E-state index contributed by atoms with van der Waals surface area (Å²) < 4.78 is 2.77. The average molecular weight is 255 g/mol. The Balaban J connectivity index is 1.93. The molecule has 1 atom stereocenters. The predicted octanol–water partition coefficient (Wildman–Crippen LogP) is 3.01. The van der Waals surface area contributed by atoms with Gasteiger partial charge in [0.15, 0.2) is 0 Å². The number of aliphatic hydroxyl groups is 1. The summed E-state index contributed by atoms with van der Waals surface area (Å²) in [5.41, 5.74) is 0.862. The van der Waals surface area contributed by atoms with Gasteiger partial charge in [0.2, 0.25) is 0 Å². The third kappa shape index (κ3) is 1.77. The summed E-state index contributed by atoms with van der Waals surface area (Å²) in [5, 5.41) is 10.2. The first kappa shape index (κ1) is 10.3. The Bertz CT molecular complexity index is 504. The minimum Gasteiger partial charge on any atom is -0.381 e. The quantitative estimate of drug-likeness (QED) is 0.914. The maximum Gasteiger partial charge on any atom is 0.130 e. The van der Waals surface area contributed by atoms with Crippen molar-refractivity contribution >= 4 is 22.9 Å². The lowest BCUT2D eigenvalue weighted by Crippen LogP contribution is -2.05. The molecule has 1 aliphatic carbocycles. The summed E-state index contributed by atoms with van der Waals surface area (Å²) in [6.07, 6.45) is 5.28.